The maximum absolute atomic E-state index is 12.2. The summed E-state index contributed by atoms with van der Waals surface area (Å²) in [6.45, 7) is 4.64. The Morgan fingerprint density at radius 3 is 2.65 bits per heavy atom. The fourth-order valence-corrected chi connectivity index (χ4v) is 2.90. The predicted octanol–water partition coefficient (Wildman–Crippen LogP) is 2.16. The maximum atomic E-state index is 12.2. The zero-order valence-electron chi connectivity index (χ0n) is 13.3. The molecule has 1 unspecified atom stereocenters. The number of nitrogens with zero attached hydrogens (tertiary/aromatic N) is 1. The van der Waals surface area contributed by atoms with Crippen molar-refractivity contribution in [1.82, 2.24) is 15.5 Å². The Labute approximate surface area is 134 Å². The van der Waals surface area contributed by atoms with Gasteiger partial charge in [0.05, 0.1) is 5.69 Å². The summed E-state index contributed by atoms with van der Waals surface area (Å²) in [5.74, 6) is -0.0343. The van der Waals surface area contributed by atoms with E-state index in [0.717, 1.165) is 11.3 Å². The topological polar surface area (TPSA) is 86.9 Å². The van der Waals surface area contributed by atoms with E-state index in [2.05, 4.69) is 39.0 Å². The molecule has 1 aliphatic heterocycles. The number of benzene rings is 1. The van der Waals surface area contributed by atoms with Crippen molar-refractivity contribution in [1.29, 1.82) is 0 Å². The Morgan fingerprint density at radius 2 is 1.96 bits per heavy atom. The molecule has 0 aliphatic carbocycles. The van der Waals surface area contributed by atoms with Crippen molar-refractivity contribution < 1.29 is 9.59 Å². The summed E-state index contributed by atoms with van der Waals surface area (Å²) in [5.41, 5.74) is 4.24. The van der Waals surface area contributed by atoms with Gasteiger partial charge >= 0.3 is 0 Å². The minimum Gasteiger partial charge on any atom is -0.356 e. The van der Waals surface area contributed by atoms with E-state index in [1.807, 2.05) is 19.9 Å². The third-order valence-electron chi connectivity index (χ3n) is 3.98. The molecule has 3 N–H and O–H groups in total. The summed E-state index contributed by atoms with van der Waals surface area (Å²) in [5, 5.41) is 12.6. The molecule has 2 heterocycles. The molecule has 120 valence electrons. The number of H-pyrrole nitrogens is 1. The van der Waals surface area contributed by atoms with Crippen LogP contribution in [0.1, 0.15) is 24.0 Å². The van der Waals surface area contributed by atoms with Gasteiger partial charge < -0.3 is 10.6 Å². The van der Waals surface area contributed by atoms with Crippen molar-refractivity contribution in [2.75, 3.05) is 11.9 Å². The molecule has 2 aromatic rings. The molecule has 3 rings (SSSR count). The van der Waals surface area contributed by atoms with Crippen LogP contribution in [-0.4, -0.2) is 28.6 Å². The number of amides is 2. The van der Waals surface area contributed by atoms with Crippen LogP contribution in [0, 0.1) is 19.8 Å². The summed E-state index contributed by atoms with van der Waals surface area (Å²) in [6.07, 6.45) is 0.895. The Hall–Kier alpha value is -2.63. The van der Waals surface area contributed by atoms with E-state index in [4.69, 9.17) is 0 Å². The number of aromatic nitrogens is 2. The number of aryl methyl sites for hydroxylation is 2. The Balaban J connectivity index is 1.72. The van der Waals surface area contributed by atoms with Crippen LogP contribution >= 0.6 is 0 Å². The second-order valence-corrected chi connectivity index (χ2v) is 6.07. The number of rotatable bonds is 3. The molecular weight excluding hydrogens is 292 g/mol. The zero-order chi connectivity index (χ0) is 16.4. The number of anilines is 1. The Bertz CT molecular complexity index is 731. The highest BCUT2D eigenvalue weighted by Crippen LogP contribution is 2.23. The normalized spacial score (nSPS) is 17.7. The first-order valence-corrected chi connectivity index (χ1v) is 7.73. The van der Waals surface area contributed by atoms with Gasteiger partial charge in [-0.1, -0.05) is 17.2 Å². The number of aromatic amines is 1. The van der Waals surface area contributed by atoms with E-state index in [9.17, 15) is 9.59 Å². The molecule has 0 saturated carbocycles. The van der Waals surface area contributed by atoms with Gasteiger partial charge in [-0.2, -0.15) is 5.10 Å². The molecule has 1 aliphatic rings. The monoisotopic (exact) mass is 312 g/mol. The molecule has 6 nitrogen and oxygen atoms in total. The van der Waals surface area contributed by atoms with E-state index in [-0.39, 0.29) is 24.2 Å². The SMILES string of the molecule is Cc1cc(C)cc(-c2cc(NC(=O)C3CCNC(=O)C3)n[nH]2)c1. The largest absolute Gasteiger partial charge is 0.356 e. The Morgan fingerprint density at radius 1 is 1.22 bits per heavy atom. The van der Waals surface area contributed by atoms with Crippen LogP contribution in [0.5, 0.6) is 0 Å². The highest BCUT2D eigenvalue weighted by Gasteiger charge is 2.25. The number of nitrogens with one attached hydrogen (secondary N) is 3. The highest BCUT2D eigenvalue weighted by atomic mass is 16.2. The quantitative estimate of drug-likeness (QED) is 0.811. The Kier molecular flexibility index (Phi) is 4.14. The maximum Gasteiger partial charge on any atom is 0.229 e. The van der Waals surface area contributed by atoms with E-state index in [0.29, 0.717) is 18.8 Å². The van der Waals surface area contributed by atoms with Gasteiger partial charge in [-0.25, -0.2) is 0 Å². The lowest BCUT2D eigenvalue weighted by atomic mass is 9.97. The predicted molar refractivity (Wildman–Crippen MR) is 87.9 cm³/mol. The molecule has 2 amide bonds. The van der Waals surface area contributed by atoms with E-state index in [1.165, 1.54) is 11.1 Å². The standard InChI is InChI=1S/C17H20N4O2/c1-10-5-11(2)7-13(6-10)14-9-15(21-20-14)19-17(23)12-3-4-18-16(22)8-12/h5-7,9,12H,3-4,8H2,1-2H3,(H,18,22)(H2,19,20,21,23). The fraction of sp³-hybridized carbons (Fsp3) is 0.353. The number of hydrogen-bond donors (Lipinski definition) is 3. The summed E-state index contributed by atoms with van der Waals surface area (Å²) in [6, 6.07) is 8.06. The summed E-state index contributed by atoms with van der Waals surface area (Å²) in [4.78, 5) is 23.6. The van der Waals surface area contributed by atoms with Gasteiger partial charge in [-0.15, -0.1) is 0 Å². The molecule has 23 heavy (non-hydrogen) atoms. The van der Waals surface area contributed by atoms with Crippen LogP contribution in [-0.2, 0) is 9.59 Å². The van der Waals surface area contributed by atoms with Crippen molar-refractivity contribution >= 4 is 17.6 Å². The third kappa shape index (κ3) is 3.59. The highest BCUT2D eigenvalue weighted by molar-refractivity contribution is 5.95. The average molecular weight is 312 g/mol. The van der Waals surface area contributed by atoms with Crippen molar-refractivity contribution in [2.45, 2.75) is 26.7 Å². The summed E-state index contributed by atoms with van der Waals surface area (Å²) >= 11 is 0. The van der Waals surface area contributed by atoms with Gasteiger partial charge in [-0.05, 0) is 32.4 Å². The van der Waals surface area contributed by atoms with Crippen molar-refractivity contribution in [3.63, 3.8) is 0 Å². The number of piperidine rings is 1. The molecule has 1 aromatic carbocycles. The third-order valence-corrected chi connectivity index (χ3v) is 3.98. The van der Waals surface area contributed by atoms with Gasteiger partial charge in [0, 0.05) is 30.5 Å². The minimum atomic E-state index is -0.287. The van der Waals surface area contributed by atoms with E-state index in [1.54, 1.807) is 0 Å². The summed E-state index contributed by atoms with van der Waals surface area (Å²) < 4.78 is 0. The summed E-state index contributed by atoms with van der Waals surface area (Å²) in [7, 11) is 0. The molecule has 1 aromatic heterocycles. The van der Waals surface area contributed by atoms with Crippen molar-refractivity contribution in [3.8, 4) is 11.3 Å². The molecule has 0 bridgehead atoms. The molecule has 6 heteroatoms. The van der Waals surface area contributed by atoms with Crippen LogP contribution in [0.2, 0.25) is 0 Å². The van der Waals surface area contributed by atoms with Gasteiger partial charge in [0.1, 0.15) is 0 Å². The molecule has 1 atom stereocenters. The van der Waals surface area contributed by atoms with Crippen molar-refractivity contribution in [3.05, 3.63) is 35.4 Å². The van der Waals surface area contributed by atoms with E-state index < -0.39 is 0 Å². The van der Waals surface area contributed by atoms with Crippen LogP contribution < -0.4 is 10.6 Å². The molecule has 1 saturated heterocycles. The van der Waals surface area contributed by atoms with Gasteiger partial charge in [0.2, 0.25) is 11.8 Å². The first kappa shape index (κ1) is 15.3. The fourth-order valence-electron chi connectivity index (χ4n) is 2.90. The van der Waals surface area contributed by atoms with Gasteiger partial charge in [-0.3, -0.25) is 14.7 Å². The molecule has 0 radical (unpaired) electrons. The first-order valence-electron chi connectivity index (χ1n) is 7.73. The van der Waals surface area contributed by atoms with Crippen LogP contribution in [0.25, 0.3) is 11.3 Å². The lowest BCUT2D eigenvalue weighted by Crippen LogP contribution is -2.38. The van der Waals surface area contributed by atoms with Gasteiger partial charge in [0.15, 0.2) is 5.82 Å². The second-order valence-electron chi connectivity index (χ2n) is 6.07. The van der Waals surface area contributed by atoms with Crippen LogP contribution in [0.4, 0.5) is 5.82 Å². The smallest absolute Gasteiger partial charge is 0.229 e. The molecule has 1 fully saturated rings. The minimum absolute atomic E-state index is 0.0747. The average Bonchev–Trinajstić information content (AvgIpc) is 2.95. The lowest BCUT2D eigenvalue weighted by molar-refractivity contribution is -0.129. The van der Waals surface area contributed by atoms with E-state index >= 15 is 0 Å². The second kappa shape index (κ2) is 6.24. The van der Waals surface area contributed by atoms with Gasteiger partial charge in [0.25, 0.3) is 0 Å². The zero-order valence-corrected chi connectivity index (χ0v) is 13.3. The van der Waals surface area contributed by atoms with Crippen LogP contribution in [0.3, 0.4) is 0 Å². The van der Waals surface area contributed by atoms with Crippen molar-refractivity contribution in [2.24, 2.45) is 5.92 Å². The van der Waals surface area contributed by atoms with Crippen LogP contribution in [0.15, 0.2) is 24.3 Å². The molecule has 0 spiro atoms. The molecular formula is C17H20N4O2. The number of carbonyl (C=O) groups is 2. The number of carbonyl (C=O) groups excluding carboxylic acids is 2. The number of hydrogen-bond acceptors (Lipinski definition) is 3. The first-order chi connectivity index (χ1) is 11.0. The lowest BCUT2D eigenvalue weighted by Gasteiger charge is -2.20.